The normalized spacial score (nSPS) is 10.9. The van der Waals surface area contributed by atoms with E-state index in [-0.39, 0.29) is 24.8 Å². The second kappa shape index (κ2) is 8.44. The number of carbonyl (C=O) groups excluding carboxylic acids is 1. The second-order valence-corrected chi connectivity index (χ2v) is 4.26. The summed E-state index contributed by atoms with van der Waals surface area (Å²) in [4.78, 5) is 13.2. The van der Waals surface area contributed by atoms with Crippen LogP contribution in [0.3, 0.4) is 0 Å². The highest BCUT2D eigenvalue weighted by molar-refractivity contribution is 5.77. The Morgan fingerprint density at radius 1 is 1.40 bits per heavy atom. The highest BCUT2D eigenvalue weighted by Gasteiger charge is 2.06. The molecule has 0 bridgehead atoms. The average Bonchev–Trinajstić information content (AvgIpc) is 2.37. The topological polar surface area (TPSA) is 61.8 Å². The van der Waals surface area contributed by atoms with E-state index >= 15 is 0 Å². The molecule has 0 atom stereocenters. The SMILES string of the molecule is CN(CCO)CC(=O)NCc1ccc(OC(F)F)cc1. The number of carbonyl (C=O) groups is 1. The molecule has 7 heteroatoms. The lowest BCUT2D eigenvalue weighted by Crippen LogP contribution is -2.36. The van der Waals surface area contributed by atoms with Crippen molar-refractivity contribution >= 4 is 5.91 Å². The zero-order chi connectivity index (χ0) is 15.0. The lowest BCUT2D eigenvalue weighted by atomic mass is 10.2. The van der Waals surface area contributed by atoms with Crippen molar-refractivity contribution in [2.75, 3.05) is 26.7 Å². The van der Waals surface area contributed by atoms with Crippen LogP contribution >= 0.6 is 0 Å². The Labute approximate surface area is 116 Å². The van der Waals surface area contributed by atoms with Crippen LogP contribution in [0.15, 0.2) is 24.3 Å². The Bertz CT molecular complexity index is 413. The van der Waals surface area contributed by atoms with Crippen molar-refractivity contribution in [1.29, 1.82) is 0 Å². The summed E-state index contributed by atoms with van der Waals surface area (Å²) in [5.74, 6) is -0.0911. The molecule has 5 nitrogen and oxygen atoms in total. The van der Waals surface area contributed by atoms with Gasteiger partial charge in [0.1, 0.15) is 5.75 Å². The van der Waals surface area contributed by atoms with Crippen molar-refractivity contribution in [3.8, 4) is 5.75 Å². The number of aliphatic hydroxyl groups excluding tert-OH is 1. The number of rotatable bonds is 8. The molecule has 0 aliphatic heterocycles. The highest BCUT2D eigenvalue weighted by atomic mass is 19.3. The van der Waals surface area contributed by atoms with Crippen LogP contribution in [0.5, 0.6) is 5.75 Å². The third kappa shape index (κ3) is 6.44. The Morgan fingerprint density at radius 3 is 2.60 bits per heavy atom. The van der Waals surface area contributed by atoms with E-state index in [1.54, 1.807) is 24.1 Å². The Kier molecular flexibility index (Phi) is 6.89. The molecule has 1 amide bonds. The number of alkyl halides is 2. The molecule has 0 unspecified atom stereocenters. The molecular weight excluding hydrogens is 270 g/mol. The standard InChI is InChI=1S/C13H18F2N2O3/c1-17(6-7-18)9-12(19)16-8-10-2-4-11(5-3-10)20-13(14)15/h2-5,13,18H,6-9H2,1H3,(H,16,19). The van der Waals surface area contributed by atoms with Gasteiger partial charge in [0.05, 0.1) is 13.2 Å². The fourth-order valence-corrected chi connectivity index (χ4v) is 1.54. The molecule has 1 rings (SSSR count). The number of hydrogen-bond donors (Lipinski definition) is 2. The summed E-state index contributed by atoms with van der Waals surface area (Å²) < 4.78 is 28.1. The van der Waals surface area contributed by atoms with Crippen molar-refractivity contribution in [3.63, 3.8) is 0 Å². The summed E-state index contributed by atoms with van der Waals surface area (Å²) in [5.41, 5.74) is 0.782. The summed E-state index contributed by atoms with van der Waals surface area (Å²) in [7, 11) is 1.73. The molecule has 112 valence electrons. The van der Waals surface area contributed by atoms with Crippen molar-refractivity contribution in [1.82, 2.24) is 10.2 Å². The maximum atomic E-state index is 12.0. The van der Waals surface area contributed by atoms with Crippen LogP contribution in [-0.2, 0) is 11.3 Å². The Balaban J connectivity index is 2.36. The molecule has 1 aromatic carbocycles. The van der Waals surface area contributed by atoms with E-state index in [2.05, 4.69) is 10.1 Å². The molecule has 0 saturated heterocycles. The molecule has 1 aromatic rings. The van der Waals surface area contributed by atoms with Crippen LogP contribution in [0, 0.1) is 0 Å². The molecule has 0 saturated carbocycles. The fraction of sp³-hybridized carbons (Fsp3) is 0.462. The van der Waals surface area contributed by atoms with Crippen molar-refractivity contribution in [2.24, 2.45) is 0 Å². The van der Waals surface area contributed by atoms with Crippen LogP contribution in [-0.4, -0.2) is 49.3 Å². The van der Waals surface area contributed by atoms with Crippen LogP contribution in [0.4, 0.5) is 8.78 Å². The van der Waals surface area contributed by atoms with Gasteiger partial charge in [-0.1, -0.05) is 12.1 Å². The molecular formula is C13H18F2N2O3. The maximum Gasteiger partial charge on any atom is 0.387 e. The van der Waals surface area contributed by atoms with Crippen LogP contribution < -0.4 is 10.1 Å². The van der Waals surface area contributed by atoms with E-state index in [0.717, 1.165) is 5.56 Å². The predicted octanol–water partition coefficient (Wildman–Crippen LogP) is 0.828. The van der Waals surface area contributed by atoms with Gasteiger partial charge in [-0.3, -0.25) is 9.69 Å². The average molecular weight is 288 g/mol. The number of hydrogen-bond acceptors (Lipinski definition) is 4. The van der Waals surface area contributed by atoms with E-state index in [0.29, 0.717) is 13.1 Å². The van der Waals surface area contributed by atoms with Gasteiger partial charge < -0.3 is 15.2 Å². The summed E-state index contributed by atoms with van der Waals surface area (Å²) in [6, 6.07) is 6.06. The van der Waals surface area contributed by atoms with Gasteiger partial charge >= 0.3 is 6.61 Å². The molecule has 0 spiro atoms. The van der Waals surface area contributed by atoms with Gasteiger partial charge in [-0.2, -0.15) is 8.78 Å². The summed E-state index contributed by atoms with van der Waals surface area (Å²) in [5, 5.41) is 11.4. The van der Waals surface area contributed by atoms with Crippen molar-refractivity contribution in [2.45, 2.75) is 13.2 Å². The van der Waals surface area contributed by atoms with Gasteiger partial charge in [-0.15, -0.1) is 0 Å². The molecule has 0 radical (unpaired) electrons. The van der Waals surface area contributed by atoms with Gasteiger partial charge in [0.15, 0.2) is 0 Å². The minimum Gasteiger partial charge on any atom is -0.435 e. The first-order chi connectivity index (χ1) is 9.51. The maximum absolute atomic E-state index is 12.0. The number of ether oxygens (including phenoxy) is 1. The number of halogens is 2. The van der Waals surface area contributed by atoms with Gasteiger partial charge in [0.25, 0.3) is 0 Å². The van der Waals surface area contributed by atoms with E-state index < -0.39 is 6.61 Å². The fourth-order valence-electron chi connectivity index (χ4n) is 1.54. The first-order valence-corrected chi connectivity index (χ1v) is 6.11. The smallest absolute Gasteiger partial charge is 0.387 e. The summed E-state index contributed by atoms with van der Waals surface area (Å²) in [6.07, 6.45) is 0. The van der Waals surface area contributed by atoms with E-state index in [4.69, 9.17) is 5.11 Å². The van der Waals surface area contributed by atoms with Crippen molar-refractivity contribution < 1.29 is 23.4 Å². The van der Waals surface area contributed by atoms with Gasteiger partial charge in [-0.25, -0.2) is 0 Å². The first kappa shape index (κ1) is 16.3. The van der Waals surface area contributed by atoms with Crippen LogP contribution in [0.2, 0.25) is 0 Å². The number of nitrogens with zero attached hydrogens (tertiary/aromatic N) is 1. The first-order valence-electron chi connectivity index (χ1n) is 6.11. The number of aliphatic hydroxyl groups is 1. The molecule has 2 N–H and O–H groups in total. The molecule has 0 aliphatic rings. The monoisotopic (exact) mass is 288 g/mol. The number of amides is 1. The molecule has 0 fully saturated rings. The number of nitrogens with one attached hydrogen (secondary N) is 1. The largest absolute Gasteiger partial charge is 0.435 e. The molecule has 0 aromatic heterocycles. The summed E-state index contributed by atoms with van der Waals surface area (Å²) in [6.45, 7) is -1.93. The Hall–Kier alpha value is -1.73. The summed E-state index contributed by atoms with van der Waals surface area (Å²) >= 11 is 0. The molecule has 20 heavy (non-hydrogen) atoms. The van der Waals surface area contributed by atoms with Crippen molar-refractivity contribution in [3.05, 3.63) is 29.8 Å². The zero-order valence-electron chi connectivity index (χ0n) is 11.2. The van der Waals surface area contributed by atoms with Gasteiger partial charge in [0, 0.05) is 13.1 Å². The predicted molar refractivity (Wildman–Crippen MR) is 69.5 cm³/mol. The highest BCUT2D eigenvalue weighted by Crippen LogP contribution is 2.14. The Morgan fingerprint density at radius 2 is 2.05 bits per heavy atom. The number of likely N-dealkylation sites (N-methyl/N-ethyl adjacent to an activating group) is 1. The second-order valence-electron chi connectivity index (χ2n) is 4.26. The van der Waals surface area contributed by atoms with E-state index in [9.17, 15) is 13.6 Å². The van der Waals surface area contributed by atoms with Gasteiger partial charge in [-0.05, 0) is 24.7 Å². The third-order valence-corrected chi connectivity index (χ3v) is 2.53. The minimum atomic E-state index is -2.84. The number of benzene rings is 1. The van der Waals surface area contributed by atoms with E-state index in [1.165, 1.54) is 12.1 Å². The van der Waals surface area contributed by atoms with Crippen LogP contribution in [0.1, 0.15) is 5.56 Å². The minimum absolute atomic E-state index is 0.00458. The lowest BCUT2D eigenvalue weighted by Gasteiger charge is -2.14. The molecule has 0 heterocycles. The molecule has 0 aliphatic carbocycles. The zero-order valence-corrected chi connectivity index (χ0v) is 11.2. The lowest BCUT2D eigenvalue weighted by molar-refractivity contribution is -0.122. The van der Waals surface area contributed by atoms with E-state index in [1.807, 2.05) is 0 Å². The van der Waals surface area contributed by atoms with Gasteiger partial charge in [0.2, 0.25) is 5.91 Å². The third-order valence-electron chi connectivity index (χ3n) is 2.53. The van der Waals surface area contributed by atoms with Crippen LogP contribution in [0.25, 0.3) is 0 Å². The quantitative estimate of drug-likeness (QED) is 0.744.